The largest absolute Gasteiger partial charge is 0.490 e. The molecule has 2 aromatic rings. The zero-order valence-electron chi connectivity index (χ0n) is 17.9. The maximum absolute atomic E-state index is 13.4. The van der Waals surface area contributed by atoms with Gasteiger partial charge in [0.15, 0.2) is 22.3 Å². The predicted octanol–water partition coefficient (Wildman–Crippen LogP) is 3.64. The van der Waals surface area contributed by atoms with Gasteiger partial charge in [-0.2, -0.15) is 0 Å². The number of para-hydroxylation sites is 1. The highest BCUT2D eigenvalue weighted by Crippen LogP contribution is 2.52. The van der Waals surface area contributed by atoms with Crippen LogP contribution in [0.4, 0.5) is 5.69 Å². The van der Waals surface area contributed by atoms with Crippen molar-refractivity contribution in [2.45, 2.75) is 32.5 Å². The average Bonchev–Trinajstić information content (AvgIpc) is 2.68. The molecule has 2 bridgehead atoms. The number of carbonyl (C=O) groups excluding carboxylic acids is 1. The second-order valence-electron chi connectivity index (χ2n) is 8.08. The van der Waals surface area contributed by atoms with Crippen LogP contribution in [-0.2, 0) is 4.79 Å². The van der Waals surface area contributed by atoms with E-state index in [1.807, 2.05) is 68.1 Å². The highest BCUT2D eigenvalue weighted by Gasteiger charge is 2.59. The van der Waals surface area contributed by atoms with Crippen molar-refractivity contribution in [3.05, 3.63) is 53.6 Å². The zero-order chi connectivity index (χ0) is 21.6. The molecule has 0 saturated carbocycles. The summed E-state index contributed by atoms with van der Waals surface area (Å²) in [7, 11) is 3.53. The molecule has 3 atom stereocenters. The molecule has 0 aliphatic carbocycles. The molecule has 0 unspecified atom stereocenters. The molecule has 2 heterocycles. The van der Waals surface area contributed by atoms with E-state index in [0.717, 1.165) is 16.8 Å². The van der Waals surface area contributed by atoms with Crippen LogP contribution in [0.3, 0.4) is 0 Å². The molecule has 1 N–H and O–H groups in total. The summed E-state index contributed by atoms with van der Waals surface area (Å²) in [5.41, 5.74) is 1.83. The average molecular weight is 426 g/mol. The SMILES string of the molecule is CCOc1cccc2c1O[C@@]1(C)[C@H](C(=O)N(C)C)[C@H]2NC(=S)N1c1cccc(C)c1. The predicted molar refractivity (Wildman–Crippen MR) is 121 cm³/mol. The van der Waals surface area contributed by atoms with E-state index >= 15 is 0 Å². The second kappa shape index (κ2) is 7.47. The molecule has 30 heavy (non-hydrogen) atoms. The molecular formula is C23H27N3O3S. The van der Waals surface area contributed by atoms with Crippen LogP contribution >= 0.6 is 12.2 Å². The third-order valence-corrected chi connectivity index (χ3v) is 6.06. The quantitative estimate of drug-likeness (QED) is 0.755. The van der Waals surface area contributed by atoms with Gasteiger partial charge in [-0.25, -0.2) is 0 Å². The molecule has 1 amide bonds. The first kappa shape index (κ1) is 20.5. The number of carbonyl (C=O) groups is 1. The lowest BCUT2D eigenvalue weighted by Gasteiger charge is -2.56. The van der Waals surface area contributed by atoms with Crippen LogP contribution < -0.4 is 19.7 Å². The first-order chi connectivity index (χ1) is 14.3. The first-order valence-electron chi connectivity index (χ1n) is 10.1. The number of nitrogens with one attached hydrogen (secondary N) is 1. The molecule has 4 rings (SSSR count). The standard InChI is InChI=1S/C23H27N3O3S/c1-6-28-17-12-8-11-16-19-18(21(27)25(4)5)23(3,29-20(16)17)26(22(30)24-19)15-10-7-9-14(2)13-15/h7-13,18-19H,6H2,1-5H3,(H,24,30)/t18-,19-,23-/m0/s1. The molecule has 1 saturated heterocycles. The second-order valence-corrected chi connectivity index (χ2v) is 8.46. The third kappa shape index (κ3) is 3.08. The summed E-state index contributed by atoms with van der Waals surface area (Å²) in [6, 6.07) is 13.5. The normalized spacial score (nSPS) is 24.4. The van der Waals surface area contributed by atoms with E-state index in [1.165, 1.54) is 0 Å². The number of rotatable bonds is 4. The lowest BCUT2D eigenvalue weighted by Crippen LogP contribution is -2.72. The minimum Gasteiger partial charge on any atom is -0.490 e. The molecule has 0 radical (unpaired) electrons. The fourth-order valence-corrected chi connectivity index (χ4v) is 4.86. The van der Waals surface area contributed by atoms with Gasteiger partial charge in [-0.1, -0.05) is 24.3 Å². The fourth-order valence-electron chi connectivity index (χ4n) is 4.45. The van der Waals surface area contributed by atoms with Gasteiger partial charge in [-0.3, -0.25) is 9.69 Å². The highest BCUT2D eigenvalue weighted by molar-refractivity contribution is 7.80. The van der Waals surface area contributed by atoms with Crippen molar-refractivity contribution in [2.24, 2.45) is 5.92 Å². The minimum absolute atomic E-state index is 0.0254. The summed E-state index contributed by atoms with van der Waals surface area (Å²) in [6.45, 7) is 6.43. The summed E-state index contributed by atoms with van der Waals surface area (Å²) >= 11 is 5.78. The van der Waals surface area contributed by atoms with Crippen molar-refractivity contribution in [1.29, 1.82) is 0 Å². The monoisotopic (exact) mass is 425 g/mol. The summed E-state index contributed by atoms with van der Waals surface area (Å²) in [5, 5.41) is 3.96. The van der Waals surface area contributed by atoms with Crippen LogP contribution in [0.1, 0.15) is 31.0 Å². The van der Waals surface area contributed by atoms with Crippen LogP contribution in [-0.4, -0.2) is 42.3 Å². The third-order valence-electron chi connectivity index (χ3n) is 5.76. The van der Waals surface area contributed by atoms with Gasteiger partial charge >= 0.3 is 0 Å². The molecule has 6 nitrogen and oxygen atoms in total. The molecule has 2 aliphatic heterocycles. The summed E-state index contributed by atoms with van der Waals surface area (Å²) in [6.07, 6.45) is 0. The van der Waals surface area contributed by atoms with Gasteiger partial charge in [0.2, 0.25) is 5.91 Å². The Bertz CT molecular complexity index is 1010. The van der Waals surface area contributed by atoms with Gasteiger partial charge in [0, 0.05) is 25.3 Å². The van der Waals surface area contributed by atoms with Crippen molar-refractivity contribution in [3.63, 3.8) is 0 Å². The molecule has 0 spiro atoms. The van der Waals surface area contributed by atoms with Crippen molar-refractivity contribution in [1.82, 2.24) is 10.2 Å². The maximum atomic E-state index is 13.4. The van der Waals surface area contributed by atoms with Crippen LogP contribution in [0.5, 0.6) is 11.5 Å². The molecule has 2 aromatic carbocycles. The molecule has 7 heteroatoms. The maximum Gasteiger partial charge on any atom is 0.233 e. The van der Waals surface area contributed by atoms with Gasteiger partial charge in [0.25, 0.3) is 0 Å². The Morgan fingerprint density at radius 3 is 2.70 bits per heavy atom. The minimum atomic E-state index is -1.03. The lowest BCUT2D eigenvalue weighted by atomic mass is 9.78. The molecule has 1 fully saturated rings. The van der Waals surface area contributed by atoms with Crippen molar-refractivity contribution < 1.29 is 14.3 Å². The Hall–Kier alpha value is -2.80. The number of aryl methyl sites for hydroxylation is 1. The number of hydrogen-bond donors (Lipinski definition) is 1. The Morgan fingerprint density at radius 1 is 1.30 bits per heavy atom. The molecule has 0 aromatic heterocycles. The zero-order valence-corrected chi connectivity index (χ0v) is 18.7. The van der Waals surface area contributed by atoms with Gasteiger partial charge in [0.05, 0.1) is 12.6 Å². The number of fused-ring (bicyclic) bond motifs is 4. The number of ether oxygens (including phenoxy) is 2. The van der Waals surface area contributed by atoms with Gasteiger partial charge < -0.3 is 19.7 Å². The first-order valence-corrected chi connectivity index (χ1v) is 10.5. The van der Waals surface area contributed by atoms with E-state index in [1.54, 1.807) is 19.0 Å². The number of anilines is 1. The fraction of sp³-hybridized carbons (Fsp3) is 0.391. The Morgan fingerprint density at radius 2 is 2.03 bits per heavy atom. The number of benzene rings is 2. The van der Waals surface area contributed by atoms with E-state index < -0.39 is 11.6 Å². The molecular weight excluding hydrogens is 398 g/mol. The Labute approximate surface area is 182 Å². The van der Waals surface area contributed by atoms with Crippen molar-refractivity contribution in [2.75, 3.05) is 25.6 Å². The number of nitrogens with zero attached hydrogens (tertiary/aromatic N) is 2. The van der Waals surface area contributed by atoms with E-state index in [4.69, 9.17) is 21.7 Å². The summed E-state index contributed by atoms with van der Waals surface area (Å²) in [4.78, 5) is 16.9. The molecule has 2 aliphatic rings. The number of amides is 1. The van der Waals surface area contributed by atoms with Gasteiger partial charge in [-0.05, 0) is 56.8 Å². The van der Waals surface area contributed by atoms with Crippen molar-refractivity contribution in [3.8, 4) is 11.5 Å². The van der Waals surface area contributed by atoms with Crippen LogP contribution in [0.2, 0.25) is 0 Å². The van der Waals surface area contributed by atoms with Crippen molar-refractivity contribution >= 4 is 28.9 Å². The lowest BCUT2D eigenvalue weighted by molar-refractivity contribution is -0.144. The summed E-state index contributed by atoms with van der Waals surface area (Å²) < 4.78 is 12.5. The van der Waals surface area contributed by atoms with Crippen LogP contribution in [0.25, 0.3) is 0 Å². The number of thiocarbonyl (C=S) groups is 1. The highest BCUT2D eigenvalue weighted by atomic mass is 32.1. The Balaban J connectivity index is 1.93. The van der Waals surface area contributed by atoms with Gasteiger partial charge in [0.1, 0.15) is 5.92 Å². The number of hydrogen-bond acceptors (Lipinski definition) is 4. The molecule has 158 valence electrons. The van der Waals surface area contributed by atoms with Gasteiger partial charge in [-0.15, -0.1) is 0 Å². The Kier molecular flexibility index (Phi) is 5.10. The van der Waals surface area contributed by atoms with E-state index in [0.29, 0.717) is 23.2 Å². The van der Waals surface area contributed by atoms with Crippen LogP contribution in [0, 0.1) is 12.8 Å². The summed E-state index contributed by atoms with van der Waals surface area (Å²) in [5.74, 6) is 0.787. The van der Waals surface area contributed by atoms with E-state index in [2.05, 4.69) is 5.32 Å². The van der Waals surface area contributed by atoms with E-state index in [-0.39, 0.29) is 11.9 Å². The topological polar surface area (TPSA) is 54.0 Å². The van der Waals surface area contributed by atoms with E-state index in [9.17, 15) is 4.79 Å². The smallest absolute Gasteiger partial charge is 0.233 e. The van der Waals surface area contributed by atoms with Crippen LogP contribution in [0.15, 0.2) is 42.5 Å².